The maximum Gasteiger partial charge on any atom is 0.320 e. The van der Waals surface area contributed by atoms with Gasteiger partial charge in [0.1, 0.15) is 6.04 Å². The second-order valence-electron chi connectivity index (χ2n) is 3.93. The lowest BCUT2D eigenvalue weighted by molar-refractivity contribution is -0.138. The fraction of sp³-hybridized carbons (Fsp3) is 0.250. The summed E-state index contributed by atoms with van der Waals surface area (Å²) in [4.78, 5) is 10.7. The molecule has 2 aromatic rings. The third-order valence-corrected chi connectivity index (χ3v) is 2.74. The van der Waals surface area contributed by atoms with E-state index < -0.39 is 12.0 Å². The average Bonchev–Trinajstić information content (AvgIpc) is 2.61. The van der Waals surface area contributed by atoms with Crippen molar-refractivity contribution in [2.75, 3.05) is 0 Å². The van der Waals surface area contributed by atoms with Gasteiger partial charge in [-0.25, -0.2) is 0 Å². The van der Waals surface area contributed by atoms with Gasteiger partial charge in [-0.05, 0) is 17.0 Å². The van der Waals surface area contributed by atoms with Crippen LogP contribution in [0.25, 0.3) is 10.9 Å². The van der Waals surface area contributed by atoms with E-state index in [9.17, 15) is 4.79 Å². The van der Waals surface area contributed by atoms with Crippen LogP contribution in [0, 0.1) is 0 Å². The number of fused-ring (bicyclic) bond motifs is 1. The topological polar surface area (TPSA) is 68.2 Å². The van der Waals surface area contributed by atoms with Crippen molar-refractivity contribution in [3.63, 3.8) is 0 Å². The van der Waals surface area contributed by atoms with Gasteiger partial charge in [-0.15, -0.1) is 0 Å². The van der Waals surface area contributed by atoms with Gasteiger partial charge in [-0.1, -0.05) is 18.2 Å². The molecule has 1 unspecified atom stereocenters. The van der Waals surface area contributed by atoms with Gasteiger partial charge < -0.3 is 15.4 Å². The first-order valence-electron chi connectivity index (χ1n) is 5.11. The van der Waals surface area contributed by atoms with Crippen molar-refractivity contribution < 1.29 is 9.90 Å². The van der Waals surface area contributed by atoms with E-state index in [1.54, 1.807) is 0 Å². The number of hydrogen-bond acceptors (Lipinski definition) is 2. The van der Waals surface area contributed by atoms with Crippen molar-refractivity contribution >= 4 is 16.9 Å². The van der Waals surface area contributed by atoms with E-state index in [1.807, 2.05) is 42.1 Å². The molecule has 0 saturated carbocycles. The molecule has 0 aliphatic rings. The van der Waals surface area contributed by atoms with E-state index >= 15 is 0 Å². The van der Waals surface area contributed by atoms with Gasteiger partial charge in [0.05, 0.1) is 5.52 Å². The van der Waals surface area contributed by atoms with Gasteiger partial charge in [0.15, 0.2) is 0 Å². The third kappa shape index (κ3) is 1.79. The molecule has 1 aromatic carbocycles. The number of aliphatic carboxylic acids is 1. The molecule has 0 aliphatic carbocycles. The Kier molecular flexibility index (Phi) is 2.66. The Morgan fingerprint density at radius 3 is 2.94 bits per heavy atom. The van der Waals surface area contributed by atoms with Crippen molar-refractivity contribution in [1.82, 2.24) is 4.57 Å². The molecule has 0 bridgehead atoms. The lowest BCUT2D eigenvalue weighted by Gasteiger charge is -2.09. The van der Waals surface area contributed by atoms with Gasteiger partial charge in [0, 0.05) is 19.7 Å². The van der Waals surface area contributed by atoms with E-state index in [4.69, 9.17) is 10.8 Å². The molecular formula is C12H14N2O2. The Balaban J connectivity index is 2.44. The standard InChI is InChI=1S/C12H14N2O2/c1-14-6-5-8-3-2-4-9(11(8)14)7-10(13)12(15)16/h2-6,10H,7,13H2,1H3,(H,15,16). The number of carboxylic acids is 1. The maximum absolute atomic E-state index is 10.7. The van der Waals surface area contributed by atoms with Gasteiger partial charge in [0.25, 0.3) is 0 Å². The van der Waals surface area contributed by atoms with E-state index in [2.05, 4.69) is 0 Å². The lowest BCUT2D eigenvalue weighted by Crippen LogP contribution is -2.32. The maximum atomic E-state index is 10.7. The summed E-state index contributed by atoms with van der Waals surface area (Å²) in [6, 6.07) is 7.01. The third-order valence-electron chi connectivity index (χ3n) is 2.74. The molecule has 0 radical (unpaired) electrons. The molecule has 2 rings (SSSR count). The van der Waals surface area contributed by atoms with Crippen LogP contribution in [-0.4, -0.2) is 21.7 Å². The Morgan fingerprint density at radius 2 is 2.25 bits per heavy atom. The first kappa shape index (κ1) is 10.7. The number of rotatable bonds is 3. The largest absolute Gasteiger partial charge is 0.480 e. The summed E-state index contributed by atoms with van der Waals surface area (Å²) in [5.74, 6) is -0.966. The molecule has 16 heavy (non-hydrogen) atoms. The van der Waals surface area contributed by atoms with Gasteiger partial charge in [-0.3, -0.25) is 4.79 Å². The van der Waals surface area contributed by atoms with Crippen molar-refractivity contribution in [3.8, 4) is 0 Å². The molecule has 1 heterocycles. The lowest BCUT2D eigenvalue weighted by atomic mass is 10.0. The van der Waals surface area contributed by atoms with Gasteiger partial charge in [0.2, 0.25) is 0 Å². The van der Waals surface area contributed by atoms with Crippen molar-refractivity contribution in [3.05, 3.63) is 36.0 Å². The Morgan fingerprint density at radius 1 is 1.50 bits per heavy atom. The zero-order valence-electron chi connectivity index (χ0n) is 9.05. The minimum absolute atomic E-state index is 0.352. The molecule has 0 fully saturated rings. The van der Waals surface area contributed by atoms with Crippen LogP contribution < -0.4 is 5.73 Å². The molecule has 0 saturated heterocycles. The molecule has 1 atom stereocenters. The summed E-state index contributed by atoms with van der Waals surface area (Å²) < 4.78 is 1.99. The molecule has 1 aromatic heterocycles. The van der Waals surface area contributed by atoms with Crippen molar-refractivity contribution in [2.24, 2.45) is 12.8 Å². The van der Waals surface area contributed by atoms with E-state index in [1.165, 1.54) is 0 Å². The smallest absolute Gasteiger partial charge is 0.320 e. The zero-order chi connectivity index (χ0) is 11.7. The minimum atomic E-state index is -0.966. The summed E-state index contributed by atoms with van der Waals surface area (Å²) >= 11 is 0. The summed E-state index contributed by atoms with van der Waals surface area (Å²) in [5, 5.41) is 9.91. The number of nitrogens with two attached hydrogens (primary N) is 1. The van der Waals surface area contributed by atoms with E-state index in [0.717, 1.165) is 16.5 Å². The predicted molar refractivity (Wildman–Crippen MR) is 62.2 cm³/mol. The normalized spacial score (nSPS) is 12.9. The van der Waals surface area contributed by atoms with Crippen LogP contribution in [-0.2, 0) is 18.3 Å². The monoisotopic (exact) mass is 218 g/mol. The van der Waals surface area contributed by atoms with Gasteiger partial charge in [-0.2, -0.15) is 0 Å². The molecule has 84 valence electrons. The molecule has 3 N–H and O–H groups in total. The van der Waals surface area contributed by atoms with Crippen LogP contribution in [0.3, 0.4) is 0 Å². The Hall–Kier alpha value is -1.81. The zero-order valence-corrected chi connectivity index (χ0v) is 9.05. The number of benzene rings is 1. The number of aromatic nitrogens is 1. The molecule has 4 heteroatoms. The number of nitrogens with zero attached hydrogens (tertiary/aromatic N) is 1. The minimum Gasteiger partial charge on any atom is -0.480 e. The first-order chi connectivity index (χ1) is 7.59. The summed E-state index contributed by atoms with van der Waals surface area (Å²) in [7, 11) is 1.94. The first-order valence-corrected chi connectivity index (χ1v) is 5.11. The summed E-state index contributed by atoms with van der Waals surface area (Å²) in [6.07, 6.45) is 2.31. The highest BCUT2D eigenvalue weighted by atomic mass is 16.4. The van der Waals surface area contributed by atoms with Crippen LogP contribution >= 0.6 is 0 Å². The second-order valence-corrected chi connectivity index (χ2v) is 3.93. The van der Waals surface area contributed by atoms with Crippen molar-refractivity contribution in [1.29, 1.82) is 0 Å². The molecule has 0 amide bonds. The molecular weight excluding hydrogens is 204 g/mol. The Labute approximate surface area is 93.3 Å². The molecule has 4 nitrogen and oxygen atoms in total. The summed E-state index contributed by atoms with van der Waals surface area (Å²) in [5.41, 5.74) is 7.58. The predicted octanol–water partition coefficient (Wildman–Crippen LogP) is 1.13. The van der Waals surface area contributed by atoms with Crippen LogP contribution in [0.2, 0.25) is 0 Å². The van der Waals surface area contributed by atoms with Crippen LogP contribution in [0.4, 0.5) is 0 Å². The van der Waals surface area contributed by atoms with Gasteiger partial charge >= 0.3 is 5.97 Å². The van der Waals surface area contributed by atoms with E-state index in [-0.39, 0.29) is 0 Å². The quantitative estimate of drug-likeness (QED) is 0.811. The molecule has 0 spiro atoms. The van der Waals surface area contributed by atoms with Crippen molar-refractivity contribution in [2.45, 2.75) is 12.5 Å². The number of carboxylic acid groups (broad SMARTS) is 1. The Bertz CT molecular complexity index is 531. The fourth-order valence-electron chi connectivity index (χ4n) is 1.93. The van der Waals surface area contributed by atoms with Crippen LogP contribution in [0.15, 0.2) is 30.5 Å². The second kappa shape index (κ2) is 3.98. The SMILES string of the molecule is Cn1ccc2cccc(CC(N)C(=O)O)c21. The van der Waals surface area contributed by atoms with Crippen LogP contribution in [0.5, 0.6) is 0 Å². The highest BCUT2D eigenvalue weighted by Crippen LogP contribution is 2.20. The number of aryl methyl sites for hydroxylation is 1. The number of para-hydroxylation sites is 1. The summed E-state index contributed by atoms with van der Waals surface area (Å²) in [6.45, 7) is 0. The number of hydrogen-bond donors (Lipinski definition) is 2. The molecule has 0 aliphatic heterocycles. The fourth-order valence-corrected chi connectivity index (χ4v) is 1.93. The number of carbonyl (C=O) groups is 1. The van der Waals surface area contributed by atoms with E-state index in [0.29, 0.717) is 6.42 Å². The highest BCUT2D eigenvalue weighted by Gasteiger charge is 2.14. The highest BCUT2D eigenvalue weighted by molar-refractivity contribution is 5.84. The van der Waals surface area contributed by atoms with Crippen LogP contribution in [0.1, 0.15) is 5.56 Å². The average molecular weight is 218 g/mol.